The first-order valence-electron chi connectivity index (χ1n) is 14.7. The van der Waals surface area contributed by atoms with E-state index >= 15 is 0 Å². The summed E-state index contributed by atoms with van der Waals surface area (Å²) in [5.74, 6) is 0.177. The number of aromatic nitrogens is 2. The maximum atomic E-state index is 13.3. The minimum atomic E-state index is 0.177. The Morgan fingerprint density at radius 1 is 0.775 bits per heavy atom. The normalized spacial score (nSPS) is 19.6. The van der Waals surface area contributed by atoms with E-state index in [-0.39, 0.29) is 5.91 Å². The minimum Gasteiger partial charge on any atom is -0.371 e. The zero-order valence-corrected chi connectivity index (χ0v) is 23.4. The number of likely N-dealkylation sites (N-methyl/N-ethyl adjacent to an activating group) is 1. The van der Waals surface area contributed by atoms with Crippen LogP contribution >= 0.6 is 0 Å². The second kappa shape index (κ2) is 10.3. The van der Waals surface area contributed by atoms with Gasteiger partial charge in [0, 0.05) is 74.7 Å². The first kappa shape index (κ1) is 25.1. The van der Waals surface area contributed by atoms with Crippen LogP contribution in [0.5, 0.6) is 0 Å². The monoisotopic (exact) mass is 534 g/mol. The molecule has 7 rings (SSSR count). The van der Waals surface area contributed by atoms with Crippen molar-refractivity contribution in [1.29, 1.82) is 0 Å². The summed E-state index contributed by atoms with van der Waals surface area (Å²) in [5, 5.41) is 8.38. The Hall–Kier alpha value is -3.84. The van der Waals surface area contributed by atoms with Crippen LogP contribution in [0.2, 0.25) is 0 Å². The molecule has 3 saturated heterocycles. The van der Waals surface area contributed by atoms with Crippen molar-refractivity contribution in [2.75, 3.05) is 69.2 Å². The number of nitrogens with one attached hydrogen (secondary N) is 1. The summed E-state index contributed by atoms with van der Waals surface area (Å²) in [7, 11) is 2.17. The fourth-order valence-electron chi connectivity index (χ4n) is 6.81. The molecule has 1 amide bonds. The smallest absolute Gasteiger partial charge is 0.253 e. The van der Waals surface area contributed by atoms with Gasteiger partial charge in [-0.1, -0.05) is 24.3 Å². The van der Waals surface area contributed by atoms with Crippen LogP contribution in [-0.2, 0) is 0 Å². The Morgan fingerprint density at radius 3 is 2.33 bits per heavy atom. The third-order valence-corrected chi connectivity index (χ3v) is 9.52. The molecule has 1 spiro atoms. The molecule has 7 nitrogen and oxygen atoms in total. The first-order valence-corrected chi connectivity index (χ1v) is 14.7. The quantitative estimate of drug-likeness (QED) is 0.394. The Kier molecular flexibility index (Phi) is 6.47. The third-order valence-electron chi connectivity index (χ3n) is 9.52. The lowest BCUT2D eigenvalue weighted by Gasteiger charge is -2.39. The van der Waals surface area contributed by atoms with Gasteiger partial charge in [-0.25, -0.2) is 0 Å². The van der Waals surface area contributed by atoms with E-state index in [0.717, 1.165) is 81.7 Å². The van der Waals surface area contributed by atoms with Crippen LogP contribution in [0.15, 0.2) is 72.9 Å². The molecule has 0 radical (unpaired) electrons. The van der Waals surface area contributed by atoms with Crippen LogP contribution in [0, 0.1) is 5.41 Å². The molecule has 3 aliphatic rings. The highest BCUT2D eigenvalue weighted by Crippen LogP contribution is 2.42. The Labute approximate surface area is 236 Å². The maximum Gasteiger partial charge on any atom is 0.253 e. The van der Waals surface area contributed by atoms with Crippen LogP contribution in [-0.4, -0.2) is 85.3 Å². The number of hydrogen-bond donors (Lipinski definition) is 1. The Bertz CT molecular complexity index is 1490. The molecular formula is C33H38N6O. The number of piperazine rings is 1. The number of hydrogen-bond acceptors (Lipinski definition) is 5. The van der Waals surface area contributed by atoms with Crippen LogP contribution in [0.3, 0.4) is 0 Å². The van der Waals surface area contributed by atoms with Gasteiger partial charge >= 0.3 is 0 Å². The third kappa shape index (κ3) is 4.83. The van der Waals surface area contributed by atoms with Crippen molar-refractivity contribution < 1.29 is 4.79 Å². The zero-order valence-electron chi connectivity index (χ0n) is 23.4. The molecule has 0 aliphatic carbocycles. The number of piperidine rings is 1. The standard InChI is InChI=1S/C33H38N6O/c1-36-17-19-37(20-18-36)29-9-7-25(8-10-29)32(40)38-14-11-33(12-15-38)13-16-39(24-33)30-4-2-3-26(21-30)27-5-6-28-23-34-35-31(28)22-27/h2-10,21-23H,11-20,24H2,1H3,(H,34,35). The average Bonchev–Trinajstić information content (AvgIpc) is 3.65. The van der Waals surface area contributed by atoms with E-state index < -0.39 is 0 Å². The lowest BCUT2D eigenvalue weighted by molar-refractivity contribution is 0.0610. The lowest BCUT2D eigenvalue weighted by Crippen LogP contribution is -2.44. The average molecular weight is 535 g/mol. The van der Waals surface area contributed by atoms with Crippen LogP contribution < -0.4 is 9.80 Å². The number of anilines is 2. The Balaban J connectivity index is 0.974. The number of amides is 1. The molecule has 40 heavy (non-hydrogen) atoms. The van der Waals surface area contributed by atoms with E-state index in [9.17, 15) is 4.79 Å². The van der Waals surface area contributed by atoms with Gasteiger partial charge in [-0.2, -0.15) is 5.10 Å². The van der Waals surface area contributed by atoms with Gasteiger partial charge in [-0.05, 0) is 85.3 Å². The maximum absolute atomic E-state index is 13.3. The predicted octanol–water partition coefficient (Wildman–Crippen LogP) is 5.11. The molecule has 0 saturated carbocycles. The van der Waals surface area contributed by atoms with Gasteiger partial charge in [0.15, 0.2) is 0 Å². The van der Waals surface area contributed by atoms with Crippen molar-refractivity contribution >= 4 is 28.2 Å². The summed E-state index contributed by atoms with van der Waals surface area (Å²) < 4.78 is 0. The molecule has 206 valence electrons. The SMILES string of the molecule is CN1CCN(c2ccc(C(=O)N3CCC4(CC3)CCN(c3cccc(-c5ccc6cn[nH]c6c5)c3)C4)cc2)CC1. The second-order valence-electron chi connectivity index (χ2n) is 12.0. The predicted molar refractivity (Wildman–Crippen MR) is 162 cm³/mol. The zero-order chi connectivity index (χ0) is 27.1. The van der Waals surface area contributed by atoms with Gasteiger partial charge in [-0.15, -0.1) is 0 Å². The summed E-state index contributed by atoms with van der Waals surface area (Å²) in [6.07, 6.45) is 5.21. The molecule has 1 N–H and O–H groups in total. The largest absolute Gasteiger partial charge is 0.371 e. The van der Waals surface area contributed by atoms with E-state index in [1.807, 2.05) is 18.3 Å². The Morgan fingerprint density at radius 2 is 1.52 bits per heavy atom. The van der Waals surface area contributed by atoms with Crippen LogP contribution in [0.25, 0.3) is 22.0 Å². The fourth-order valence-corrected chi connectivity index (χ4v) is 6.81. The number of H-pyrrole nitrogens is 1. The highest BCUT2D eigenvalue weighted by atomic mass is 16.2. The van der Waals surface area contributed by atoms with Gasteiger partial charge in [0.2, 0.25) is 0 Å². The van der Waals surface area contributed by atoms with E-state index in [2.05, 4.69) is 91.4 Å². The molecule has 3 aromatic carbocycles. The second-order valence-corrected chi connectivity index (χ2v) is 12.0. The molecule has 0 bridgehead atoms. The highest BCUT2D eigenvalue weighted by molar-refractivity contribution is 5.94. The number of carbonyl (C=O) groups is 1. The summed E-state index contributed by atoms with van der Waals surface area (Å²) in [6.45, 7) is 8.08. The molecule has 3 aliphatic heterocycles. The van der Waals surface area contributed by atoms with Crippen molar-refractivity contribution in [3.63, 3.8) is 0 Å². The summed E-state index contributed by atoms with van der Waals surface area (Å²) in [6, 6.07) is 23.7. The van der Waals surface area contributed by atoms with Crippen molar-refractivity contribution in [2.24, 2.45) is 5.41 Å². The van der Waals surface area contributed by atoms with Crippen molar-refractivity contribution in [2.45, 2.75) is 19.3 Å². The summed E-state index contributed by atoms with van der Waals surface area (Å²) in [5.41, 5.74) is 7.12. The topological polar surface area (TPSA) is 58.7 Å². The summed E-state index contributed by atoms with van der Waals surface area (Å²) >= 11 is 0. The number of fused-ring (bicyclic) bond motifs is 1. The number of carbonyl (C=O) groups excluding carboxylic acids is 1. The van der Waals surface area contributed by atoms with Crippen LogP contribution in [0.1, 0.15) is 29.6 Å². The minimum absolute atomic E-state index is 0.177. The number of nitrogens with zero attached hydrogens (tertiary/aromatic N) is 5. The molecular weight excluding hydrogens is 496 g/mol. The number of aromatic amines is 1. The van der Waals surface area contributed by atoms with Gasteiger partial charge in [0.05, 0.1) is 11.7 Å². The molecule has 4 heterocycles. The van der Waals surface area contributed by atoms with Gasteiger partial charge in [0.25, 0.3) is 5.91 Å². The molecule has 7 heteroatoms. The number of rotatable bonds is 4. The van der Waals surface area contributed by atoms with Crippen LogP contribution in [0.4, 0.5) is 11.4 Å². The van der Waals surface area contributed by atoms with E-state index in [4.69, 9.17) is 0 Å². The number of benzene rings is 3. The van der Waals surface area contributed by atoms with Crippen molar-refractivity contribution in [3.05, 3.63) is 78.5 Å². The van der Waals surface area contributed by atoms with Gasteiger partial charge in [0.1, 0.15) is 0 Å². The summed E-state index contributed by atoms with van der Waals surface area (Å²) in [4.78, 5) is 22.7. The molecule has 3 fully saturated rings. The van der Waals surface area contributed by atoms with E-state index in [0.29, 0.717) is 5.41 Å². The number of likely N-dealkylation sites (tertiary alicyclic amines) is 1. The molecule has 4 aromatic rings. The lowest BCUT2D eigenvalue weighted by atomic mass is 9.77. The highest BCUT2D eigenvalue weighted by Gasteiger charge is 2.41. The molecule has 0 atom stereocenters. The van der Waals surface area contributed by atoms with Gasteiger partial charge < -0.3 is 19.6 Å². The molecule has 0 unspecified atom stereocenters. The van der Waals surface area contributed by atoms with Crippen molar-refractivity contribution in [1.82, 2.24) is 20.0 Å². The van der Waals surface area contributed by atoms with E-state index in [1.165, 1.54) is 28.9 Å². The fraction of sp³-hybridized carbons (Fsp3) is 0.394. The van der Waals surface area contributed by atoms with Gasteiger partial charge in [-0.3, -0.25) is 9.89 Å². The van der Waals surface area contributed by atoms with E-state index in [1.54, 1.807) is 0 Å². The first-order chi connectivity index (χ1) is 19.6. The molecule has 1 aromatic heterocycles. The van der Waals surface area contributed by atoms with Crippen molar-refractivity contribution in [3.8, 4) is 11.1 Å².